The minimum atomic E-state index is -0.0873. The van der Waals surface area contributed by atoms with E-state index in [1.165, 1.54) is 0 Å². The van der Waals surface area contributed by atoms with E-state index in [0.29, 0.717) is 31.2 Å². The van der Waals surface area contributed by atoms with E-state index in [-0.39, 0.29) is 29.4 Å². The van der Waals surface area contributed by atoms with Crippen molar-refractivity contribution >= 4 is 39.2 Å². The number of ketones is 1. The summed E-state index contributed by atoms with van der Waals surface area (Å²) in [4.78, 5) is 35.1. The molecule has 0 heterocycles. The lowest BCUT2D eigenvalue weighted by molar-refractivity contribution is -0.124. The molecular formula is C19H34N2O3S2. The molecule has 0 aliphatic heterocycles. The predicted octanol–water partition coefficient (Wildman–Crippen LogP) is 3.60. The van der Waals surface area contributed by atoms with Crippen LogP contribution in [0.2, 0.25) is 0 Å². The van der Waals surface area contributed by atoms with Crippen LogP contribution in [0.15, 0.2) is 12.2 Å². The number of hydrogen-bond acceptors (Lipinski definition) is 5. The van der Waals surface area contributed by atoms with Crippen LogP contribution < -0.4 is 10.6 Å². The van der Waals surface area contributed by atoms with Crippen LogP contribution in [0, 0.1) is 11.8 Å². The van der Waals surface area contributed by atoms with Gasteiger partial charge in [-0.05, 0) is 13.3 Å². The molecule has 0 aromatic carbocycles. The summed E-state index contributed by atoms with van der Waals surface area (Å²) < 4.78 is 0. The van der Waals surface area contributed by atoms with E-state index in [1.54, 1.807) is 21.6 Å². The zero-order valence-electron chi connectivity index (χ0n) is 16.7. The Morgan fingerprint density at radius 1 is 1.00 bits per heavy atom. The van der Waals surface area contributed by atoms with Crippen molar-refractivity contribution in [2.45, 2.75) is 59.1 Å². The maximum Gasteiger partial charge on any atom is 0.222 e. The first-order valence-corrected chi connectivity index (χ1v) is 11.6. The molecule has 0 aliphatic rings. The Morgan fingerprint density at radius 3 is 2.31 bits per heavy atom. The number of carbonyl (C=O) groups is 3. The third kappa shape index (κ3) is 13.3. The molecule has 0 aromatic rings. The van der Waals surface area contributed by atoms with Crippen LogP contribution in [0.5, 0.6) is 0 Å². The van der Waals surface area contributed by atoms with Gasteiger partial charge in [-0.2, -0.15) is 0 Å². The summed E-state index contributed by atoms with van der Waals surface area (Å²) in [6, 6.07) is 0. The van der Waals surface area contributed by atoms with Crippen molar-refractivity contribution in [1.29, 1.82) is 0 Å². The second kappa shape index (κ2) is 15.1. The van der Waals surface area contributed by atoms with E-state index < -0.39 is 0 Å². The third-order valence-electron chi connectivity index (χ3n) is 3.70. The van der Waals surface area contributed by atoms with Crippen molar-refractivity contribution in [1.82, 2.24) is 10.6 Å². The first-order valence-electron chi connectivity index (χ1n) is 9.26. The minimum absolute atomic E-state index is 0.00173. The molecule has 2 unspecified atom stereocenters. The van der Waals surface area contributed by atoms with Crippen molar-refractivity contribution in [3.05, 3.63) is 12.2 Å². The molecule has 2 amide bonds. The first-order chi connectivity index (χ1) is 12.3. The van der Waals surface area contributed by atoms with E-state index in [1.807, 2.05) is 39.8 Å². The fraction of sp³-hybridized carbons (Fsp3) is 0.737. The lowest BCUT2D eigenvalue weighted by Crippen LogP contribution is -2.29. The summed E-state index contributed by atoms with van der Waals surface area (Å²) in [7, 11) is 3.46. The summed E-state index contributed by atoms with van der Waals surface area (Å²) in [6.45, 7) is 10.7. The summed E-state index contributed by atoms with van der Waals surface area (Å²) in [5, 5.41) is 6.07. The Bertz CT molecular complexity index is 468. The van der Waals surface area contributed by atoms with Gasteiger partial charge in [0.1, 0.15) is 5.78 Å². The monoisotopic (exact) mass is 402 g/mol. The fourth-order valence-electron chi connectivity index (χ4n) is 2.00. The SMILES string of the molecule is CC=CC(C)C(=O)CCNC(=O)CCC(C)SSCCNC(=O)C(C)C. The molecule has 0 bridgehead atoms. The molecule has 0 radical (unpaired) electrons. The quantitative estimate of drug-likeness (QED) is 0.264. The largest absolute Gasteiger partial charge is 0.356 e. The maximum absolute atomic E-state index is 11.8. The molecule has 0 rings (SSSR count). The van der Waals surface area contributed by atoms with Gasteiger partial charge in [-0.3, -0.25) is 14.4 Å². The molecule has 150 valence electrons. The van der Waals surface area contributed by atoms with Gasteiger partial charge >= 0.3 is 0 Å². The highest BCUT2D eigenvalue weighted by molar-refractivity contribution is 8.76. The average Bonchev–Trinajstić information content (AvgIpc) is 2.59. The van der Waals surface area contributed by atoms with E-state index in [4.69, 9.17) is 0 Å². The fourth-order valence-corrected chi connectivity index (χ4v) is 4.26. The van der Waals surface area contributed by atoms with E-state index in [2.05, 4.69) is 17.6 Å². The molecule has 0 saturated heterocycles. The zero-order valence-corrected chi connectivity index (χ0v) is 18.3. The summed E-state index contributed by atoms with van der Waals surface area (Å²) in [5.41, 5.74) is 0. The summed E-state index contributed by atoms with van der Waals surface area (Å²) in [6.07, 6.45) is 5.38. The van der Waals surface area contributed by atoms with E-state index in [9.17, 15) is 14.4 Å². The normalized spacial score (nSPS) is 13.6. The van der Waals surface area contributed by atoms with Gasteiger partial charge in [0.25, 0.3) is 0 Å². The molecule has 0 fully saturated rings. The molecule has 2 N–H and O–H groups in total. The number of hydrogen-bond donors (Lipinski definition) is 2. The van der Waals surface area contributed by atoms with E-state index in [0.717, 1.165) is 12.2 Å². The molecule has 26 heavy (non-hydrogen) atoms. The highest BCUT2D eigenvalue weighted by Crippen LogP contribution is 2.28. The van der Waals surface area contributed by atoms with Crippen LogP contribution in [-0.2, 0) is 14.4 Å². The number of carbonyl (C=O) groups excluding carboxylic acids is 3. The lowest BCUT2D eigenvalue weighted by atomic mass is 10.0. The minimum Gasteiger partial charge on any atom is -0.356 e. The third-order valence-corrected chi connectivity index (χ3v) is 6.67. The Labute approximate surface area is 166 Å². The molecule has 5 nitrogen and oxygen atoms in total. The molecule has 7 heteroatoms. The second-order valence-corrected chi connectivity index (χ2v) is 9.52. The van der Waals surface area contributed by atoms with Crippen molar-refractivity contribution in [2.75, 3.05) is 18.8 Å². The van der Waals surface area contributed by atoms with Gasteiger partial charge in [-0.15, -0.1) is 0 Å². The van der Waals surface area contributed by atoms with Gasteiger partial charge < -0.3 is 10.6 Å². The van der Waals surface area contributed by atoms with Crippen molar-refractivity contribution < 1.29 is 14.4 Å². The van der Waals surface area contributed by atoms with Gasteiger partial charge in [0.05, 0.1) is 0 Å². The van der Waals surface area contributed by atoms with Crippen LogP contribution in [0.1, 0.15) is 53.9 Å². The van der Waals surface area contributed by atoms with Crippen LogP contribution >= 0.6 is 21.6 Å². The van der Waals surface area contributed by atoms with Gasteiger partial charge in [0.2, 0.25) is 11.8 Å². The topological polar surface area (TPSA) is 75.3 Å². The Balaban J connectivity index is 3.70. The maximum atomic E-state index is 11.8. The molecule has 2 atom stereocenters. The number of nitrogens with one attached hydrogen (secondary N) is 2. The standard InChI is InChI=1S/C19H34N2O3S2/c1-6-7-15(4)17(22)10-11-20-18(23)9-8-16(5)26-25-13-12-21-19(24)14(2)3/h6-7,14-16H,8-13H2,1-5H3,(H,20,23)(H,21,24). The molecule has 0 saturated carbocycles. The lowest BCUT2D eigenvalue weighted by Gasteiger charge is -2.11. The van der Waals surface area contributed by atoms with E-state index >= 15 is 0 Å². The number of rotatable bonds is 14. The first kappa shape index (κ1) is 25.1. The predicted molar refractivity (Wildman–Crippen MR) is 113 cm³/mol. The van der Waals surface area contributed by atoms with Gasteiger partial charge in [-0.1, -0.05) is 61.4 Å². The Kier molecular flexibility index (Phi) is 14.6. The average molecular weight is 403 g/mol. The van der Waals surface area contributed by atoms with Crippen LogP contribution in [0.4, 0.5) is 0 Å². The van der Waals surface area contributed by atoms with Gasteiger partial charge in [0, 0.05) is 48.8 Å². The van der Waals surface area contributed by atoms with Gasteiger partial charge in [-0.25, -0.2) is 0 Å². The van der Waals surface area contributed by atoms with Crippen molar-refractivity contribution in [2.24, 2.45) is 11.8 Å². The molecule has 0 spiro atoms. The number of amides is 2. The Morgan fingerprint density at radius 2 is 1.69 bits per heavy atom. The van der Waals surface area contributed by atoms with Crippen molar-refractivity contribution in [3.8, 4) is 0 Å². The molecular weight excluding hydrogens is 368 g/mol. The smallest absolute Gasteiger partial charge is 0.222 e. The van der Waals surface area contributed by atoms with Gasteiger partial charge in [0.15, 0.2) is 0 Å². The van der Waals surface area contributed by atoms with Crippen molar-refractivity contribution in [3.63, 3.8) is 0 Å². The highest BCUT2D eigenvalue weighted by atomic mass is 33.1. The summed E-state index contributed by atoms with van der Waals surface area (Å²) in [5.74, 6) is 1.01. The Hall–Kier alpha value is -0.950. The molecule has 0 aromatic heterocycles. The zero-order chi connectivity index (χ0) is 19.9. The summed E-state index contributed by atoms with van der Waals surface area (Å²) >= 11 is 0. The van der Waals surface area contributed by atoms with Crippen LogP contribution in [0.25, 0.3) is 0 Å². The van der Waals surface area contributed by atoms with Crippen LogP contribution in [0.3, 0.4) is 0 Å². The number of allylic oxidation sites excluding steroid dienone is 2. The second-order valence-electron chi connectivity index (χ2n) is 6.59. The molecule has 0 aliphatic carbocycles. The van der Waals surface area contributed by atoms with Crippen LogP contribution in [-0.4, -0.2) is 41.7 Å². The number of Topliss-reactive ketones (excluding diaryl/α,β-unsaturated/α-hetero) is 1. The highest BCUT2D eigenvalue weighted by Gasteiger charge is 2.11.